The van der Waals surface area contributed by atoms with E-state index < -0.39 is 0 Å². The van der Waals surface area contributed by atoms with Gasteiger partial charge < -0.3 is 0 Å². The quantitative estimate of drug-likeness (QED) is 0.454. The monoisotopic (exact) mass is 290 g/mol. The molecule has 0 aromatic rings. The topological polar surface area (TPSA) is 67.9 Å². The SMILES string of the molecule is CC(NC1CN1)(NC1CN1)C1CC2CC1C1CCCCC21. The molecule has 5 fully saturated rings. The van der Waals surface area contributed by atoms with Crippen molar-refractivity contribution in [2.24, 2.45) is 29.6 Å². The fraction of sp³-hybridized carbons (Fsp3) is 1.00. The van der Waals surface area contributed by atoms with Crippen molar-refractivity contribution in [1.29, 1.82) is 0 Å². The van der Waals surface area contributed by atoms with Crippen LogP contribution in [0.3, 0.4) is 0 Å². The van der Waals surface area contributed by atoms with E-state index >= 15 is 0 Å². The molecule has 0 amide bonds. The van der Waals surface area contributed by atoms with Crippen molar-refractivity contribution in [3.63, 3.8) is 0 Å². The molecule has 7 unspecified atom stereocenters. The Morgan fingerprint density at radius 1 is 0.857 bits per heavy atom. The summed E-state index contributed by atoms with van der Waals surface area (Å²) in [5.41, 5.74) is 0.115. The first-order chi connectivity index (χ1) is 10.2. The van der Waals surface area contributed by atoms with Gasteiger partial charge in [0.05, 0.1) is 18.0 Å². The highest BCUT2D eigenvalue weighted by molar-refractivity contribution is 5.10. The van der Waals surface area contributed by atoms with Gasteiger partial charge in [0.2, 0.25) is 0 Å². The van der Waals surface area contributed by atoms with Crippen molar-refractivity contribution in [2.75, 3.05) is 13.1 Å². The summed E-state index contributed by atoms with van der Waals surface area (Å²) in [5.74, 6) is 4.97. The van der Waals surface area contributed by atoms with Crippen molar-refractivity contribution < 1.29 is 0 Å². The summed E-state index contributed by atoms with van der Waals surface area (Å²) >= 11 is 0. The van der Waals surface area contributed by atoms with E-state index in [0.29, 0.717) is 12.3 Å². The summed E-state index contributed by atoms with van der Waals surface area (Å²) in [5, 5.41) is 14.7. The normalized spacial score (nSPS) is 53.3. The van der Waals surface area contributed by atoms with Crippen LogP contribution < -0.4 is 21.3 Å². The van der Waals surface area contributed by atoms with Crippen LogP contribution in [0.1, 0.15) is 45.4 Å². The molecule has 0 spiro atoms. The van der Waals surface area contributed by atoms with Gasteiger partial charge in [-0.3, -0.25) is 21.3 Å². The molecule has 118 valence electrons. The van der Waals surface area contributed by atoms with Gasteiger partial charge in [-0.25, -0.2) is 0 Å². The fourth-order valence-electron chi connectivity index (χ4n) is 6.20. The van der Waals surface area contributed by atoms with Crippen molar-refractivity contribution in [1.82, 2.24) is 21.3 Å². The Kier molecular flexibility index (Phi) is 2.96. The summed E-state index contributed by atoms with van der Waals surface area (Å²) in [6, 6.07) is 0. The summed E-state index contributed by atoms with van der Waals surface area (Å²) in [6.07, 6.45) is 10.1. The predicted octanol–water partition coefficient (Wildman–Crippen LogP) is 1.20. The molecule has 2 bridgehead atoms. The van der Waals surface area contributed by atoms with Gasteiger partial charge in [0.1, 0.15) is 0 Å². The minimum atomic E-state index is 0.115. The van der Waals surface area contributed by atoms with E-state index in [-0.39, 0.29) is 5.66 Å². The summed E-state index contributed by atoms with van der Waals surface area (Å²) < 4.78 is 0. The average molecular weight is 290 g/mol. The standard InChI is InChI=1S/C17H30N4/c1-17(20-15-8-18-15,21-16-9-19-16)14-7-10-6-13(14)12-5-3-2-4-11(10)12/h10-16,18-21H,2-9H2,1H3. The second kappa shape index (κ2) is 4.67. The van der Waals surface area contributed by atoms with Crippen LogP contribution in [0.2, 0.25) is 0 Å². The average Bonchev–Trinajstić information content (AvgIpc) is 3.40. The van der Waals surface area contributed by atoms with Gasteiger partial charge in [0, 0.05) is 13.1 Å². The number of rotatable bonds is 5. The zero-order valence-corrected chi connectivity index (χ0v) is 13.2. The summed E-state index contributed by atoms with van der Waals surface area (Å²) in [7, 11) is 0. The molecule has 5 rings (SSSR count). The molecule has 5 aliphatic rings. The number of hydrogen-bond donors (Lipinski definition) is 4. The van der Waals surface area contributed by atoms with Crippen LogP contribution in [-0.2, 0) is 0 Å². The van der Waals surface area contributed by atoms with Gasteiger partial charge in [-0.15, -0.1) is 0 Å². The molecule has 2 saturated heterocycles. The number of fused-ring (bicyclic) bond motifs is 5. The smallest absolute Gasteiger partial charge is 0.0716 e. The molecule has 4 N–H and O–H groups in total. The van der Waals surface area contributed by atoms with Gasteiger partial charge >= 0.3 is 0 Å². The Balaban J connectivity index is 1.37. The summed E-state index contributed by atoms with van der Waals surface area (Å²) in [6.45, 7) is 4.72. The Hall–Kier alpha value is -0.160. The second-order valence-electron chi connectivity index (χ2n) is 8.53. The van der Waals surface area contributed by atoms with E-state index in [1.54, 1.807) is 0 Å². The van der Waals surface area contributed by atoms with Crippen LogP contribution in [0.4, 0.5) is 0 Å². The minimum Gasteiger partial charge on any atom is -0.298 e. The maximum absolute atomic E-state index is 3.90. The lowest BCUT2D eigenvalue weighted by atomic mass is 9.65. The highest BCUT2D eigenvalue weighted by atomic mass is 15.4. The Morgan fingerprint density at radius 2 is 1.48 bits per heavy atom. The third kappa shape index (κ3) is 2.26. The fourth-order valence-corrected chi connectivity index (χ4v) is 6.20. The largest absolute Gasteiger partial charge is 0.298 e. The maximum atomic E-state index is 3.90. The third-order valence-electron chi connectivity index (χ3n) is 7.18. The molecular weight excluding hydrogens is 260 g/mol. The maximum Gasteiger partial charge on any atom is 0.0716 e. The third-order valence-corrected chi connectivity index (χ3v) is 7.18. The first kappa shape index (κ1) is 13.3. The van der Waals surface area contributed by atoms with Gasteiger partial charge in [-0.2, -0.15) is 0 Å². The molecule has 4 nitrogen and oxygen atoms in total. The number of nitrogens with one attached hydrogen (secondary N) is 4. The zero-order chi connectivity index (χ0) is 14.0. The van der Waals surface area contributed by atoms with Gasteiger partial charge in [0.25, 0.3) is 0 Å². The molecule has 3 saturated carbocycles. The summed E-state index contributed by atoms with van der Waals surface area (Å²) in [4.78, 5) is 0. The van der Waals surface area contributed by atoms with E-state index in [1.807, 2.05) is 0 Å². The molecular formula is C17H30N4. The van der Waals surface area contributed by atoms with E-state index in [4.69, 9.17) is 0 Å². The molecule has 0 aromatic heterocycles. The molecule has 3 aliphatic carbocycles. The minimum absolute atomic E-state index is 0.115. The number of hydrogen-bond acceptors (Lipinski definition) is 4. The zero-order valence-electron chi connectivity index (χ0n) is 13.2. The van der Waals surface area contributed by atoms with Crippen LogP contribution >= 0.6 is 0 Å². The molecule has 0 radical (unpaired) electrons. The highest BCUT2D eigenvalue weighted by Crippen LogP contribution is 2.61. The Labute approximate surface area is 128 Å². The molecule has 2 aliphatic heterocycles. The van der Waals surface area contributed by atoms with E-state index in [0.717, 1.165) is 42.7 Å². The van der Waals surface area contributed by atoms with Crippen LogP contribution in [0.25, 0.3) is 0 Å². The van der Waals surface area contributed by atoms with Gasteiger partial charge in [-0.1, -0.05) is 12.8 Å². The predicted molar refractivity (Wildman–Crippen MR) is 83.4 cm³/mol. The highest BCUT2D eigenvalue weighted by Gasteiger charge is 2.58. The van der Waals surface area contributed by atoms with Crippen molar-refractivity contribution in [2.45, 2.75) is 63.4 Å². The van der Waals surface area contributed by atoms with Gasteiger partial charge in [-0.05, 0) is 62.2 Å². The first-order valence-corrected chi connectivity index (χ1v) is 9.25. The lowest BCUT2D eigenvalue weighted by Crippen LogP contribution is -2.64. The first-order valence-electron chi connectivity index (χ1n) is 9.25. The Morgan fingerprint density at radius 3 is 2.10 bits per heavy atom. The van der Waals surface area contributed by atoms with Gasteiger partial charge in [0.15, 0.2) is 0 Å². The van der Waals surface area contributed by atoms with Crippen molar-refractivity contribution in [3.8, 4) is 0 Å². The molecule has 0 aromatic carbocycles. The molecule has 7 atom stereocenters. The molecule has 2 heterocycles. The molecule has 4 heteroatoms. The van der Waals surface area contributed by atoms with Crippen molar-refractivity contribution >= 4 is 0 Å². The second-order valence-corrected chi connectivity index (χ2v) is 8.53. The van der Waals surface area contributed by atoms with Crippen LogP contribution in [0.5, 0.6) is 0 Å². The van der Waals surface area contributed by atoms with Crippen molar-refractivity contribution in [3.05, 3.63) is 0 Å². The lowest BCUT2D eigenvalue weighted by molar-refractivity contribution is 0.0432. The van der Waals surface area contributed by atoms with Crippen LogP contribution in [0.15, 0.2) is 0 Å². The van der Waals surface area contributed by atoms with E-state index in [9.17, 15) is 0 Å². The van der Waals surface area contributed by atoms with E-state index in [1.165, 1.54) is 38.5 Å². The van der Waals surface area contributed by atoms with E-state index in [2.05, 4.69) is 28.2 Å². The van der Waals surface area contributed by atoms with Crippen LogP contribution in [-0.4, -0.2) is 31.1 Å². The lowest BCUT2D eigenvalue weighted by Gasteiger charge is -2.47. The van der Waals surface area contributed by atoms with Crippen LogP contribution in [0, 0.1) is 29.6 Å². The molecule has 21 heavy (non-hydrogen) atoms. The Bertz CT molecular complexity index is 403.